The van der Waals surface area contributed by atoms with Crippen molar-refractivity contribution in [2.45, 2.75) is 91.8 Å². The van der Waals surface area contributed by atoms with E-state index in [0.717, 1.165) is 12.8 Å². The van der Waals surface area contributed by atoms with E-state index in [0.29, 0.717) is 13.2 Å². The van der Waals surface area contributed by atoms with E-state index < -0.39 is 29.7 Å². The number of carbonyl (C=O) groups excluding carboxylic acids is 3. The molecule has 2 fully saturated rings. The molecule has 0 bridgehead atoms. The molecule has 0 radical (unpaired) electrons. The van der Waals surface area contributed by atoms with E-state index in [-0.39, 0.29) is 41.6 Å². The molecular formula is C21H40Cl2N2O6. The summed E-state index contributed by atoms with van der Waals surface area (Å²) in [6, 6.07) is -1.18. The summed E-state index contributed by atoms with van der Waals surface area (Å²) in [5.74, 6) is -0.716. The fourth-order valence-corrected chi connectivity index (χ4v) is 2.01. The van der Waals surface area contributed by atoms with Gasteiger partial charge in [0.05, 0.1) is 13.2 Å². The molecule has 184 valence electrons. The van der Waals surface area contributed by atoms with E-state index in [4.69, 9.17) is 19.9 Å². The topological polar surface area (TPSA) is 117 Å². The van der Waals surface area contributed by atoms with Crippen molar-refractivity contribution in [2.24, 2.45) is 16.6 Å². The van der Waals surface area contributed by atoms with Crippen LogP contribution in [0.2, 0.25) is 0 Å². The molecule has 1 amide bonds. The Morgan fingerprint density at radius 3 is 1.61 bits per heavy atom. The molecule has 0 spiro atoms. The van der Waals surface area contributed by atoms with Crippen molar-refractivity contribution in [3.63, 3.8) is 0 Å². The van der Waals surface area contributed by atoms with Crippen molar-refractivity contribution in [2.75, 3.05) is 13.2 Å². The molecule has 0 aromatic carbocycles. The molecule has 2 aliphatic rings. The number of carbonyl (C=O) groups is 3. The summed E-state index contributed by atoms with van der Waals surface area (Å²) in [5.41, 5.74) is 5.16. The van der Waals surface area contributed by atoms with Crippen LogP contribution in [0.15, 0.2) is 0 Å². The van der Waals surface area contributed by atoms with Crippen molar-refractivity contribution < 1.29 is 28.6 Å². The van der Waals surface area contributed by atoms with Gasteiger partial charge in [0, 0.05) is 10.8 Å². The molecule has 0 aliphatic heterocycles. The van der Waals surface area contributed by atoms with Gasteiger partial charge < -0.3 is 25.3 Å². The molecule has 3 N–H and O–H groups in total. The van der Waals surface area contributed by atoms with Crippen LogP contribution in [0.3, 0.4) is 0 Å². The number of nitrogens with two attached hydrogens (primary N) is 1. The predicted molar refractivity (Wildman–Crippen MR) is 124 cm³/mol. The zero-order chi connectivity index (χ0) is 22.5. The second-order valence-corrected chi connectivity index (χ2v) is 9.99. The quantitative estimate of drug-likeness (QED) is 0.415. The molecule has 2 rings (SSSR count). The highest BCUT2D eigenvalue weighted by Crippen LogP contribution is 2.45. The molecule has 8 nitrogen and oxygen atoms in total. The summed E-state index contributed by atoms with van der Waals surface area (Å²) < 4.78 is 15.2. The van der Waals surface area contributed by atoms with Crippen LogP contribution in [0.25, 0.3) is 0 Å². The number of hydrogen-bond donors (Lipinski definition) is 2. The van der Waals surface area contributed by atoms with E-state index in [1.165, 1.54) is 12.8 Å². The summed E-state index contributed by atoms with van der Waals surface area (Å²) in [6.07, 6.45) is 3.91. The maximum absolute atomic E-state index is 11.6. The lowest BCUT2D eigenvalue weighted by Gasteiger charge is -2.21. The monoisotopic (exact) mass is 486 g/mol. The number of hydrogen-bond acceptors (Lipinski definition) is 7. The third-order valence-corrected chi connectivity index (χ3v) is 4.79. The number of esters is 2. The molecule has 0 aromatic heterocycles. The third-order valence-electron chi connectivity index (χ3n) is 4.79. The maximum atomic E-state index is 11.6. The van der Waals surface area contributed by atoms with Gasteiger partial charge in [0.15, 0.2) is 0 Å². The Morgan fingerprint density at radius 1 is 0.903 bits per heavy atom. The molecule has 0 heterocycles. The van der Waals surface area contributed by atoms with Crippen molar-refractivity contribution >= 4 is 42.8 Å². The Labute approximate surface area is 198 Å². The van der Waals surface area contributed by atoms with Gasteiger partial charge in [-0.1, -0.05) is 13.8 Å². The fraction of sp³-hybridized carbons (Fsp3) is 0.857. The zero-order valence-electron chi connectivity index (χ0n) is 19.7. The summed E-state index contributed by atoms with van der Waals surface area (Å²) in [6.45, 7) is 13.7. The van der Waals surface area contributed by atoms with Gasteiger partial charge in [-0.05, 0) is 60.3 Å². The number of nitrogens with one attached hydrogen (secondary N) is 1. The van der Waals surface area contributed by atoms with Crippen molar-refractivity contribution in [1.29, 1.82) is 0 Å². The van der Waals surface area contributed by atoms with E-state index in [9.17, 15) is 14.4 Å². The lowest BCUT2D eigenvalue weighted by Crippen LogP contribution is -2.42. The molecule has 2 aliphatic carbocycles. The van der Waals surface area contributed by atoms with E-state index in [1.807, 2.05) is 0 Å². The first-order valence-corrected chi connectivity index (χ1v) is 10.2. The summed E-state index contributed by atoms with van der Waals surface area (Å²) in [5, 5.41) is 2.46. The van der Waals surface area contributed by atoms with E-state index in [2.05, 4.69) is 19.2 Å². The largest absolute Gasteiger partial charge is 0.464 e. The maximum Gasteiger partial charge on any atom is 0.408 e. The zero-order valence-corrected chi connectivity index (χ0v) is 21.4. The summed E-state index contributed by atoms with van der Waals surface area (Å²) >= 11 is 0. The van der Waals surface area contributed by atoms with Crippen molar-refractivity contribution in [1.82, 2.24) is 5.32 Å². The van der Waals surface area contributed by atoms with Crippen LogP contribution in [-0.2, 0) is 23.8 Å². The van der Waals surface area contributed by atoms with Gasteiger partial charge in [-0.2, -0.15) is 0 Å². The van der Waals surface area contributed by atoms with E-state index >= 15 is 0 Å². The van der Waals surface area contributed by atoms with Crippen molar-refractivity contribution in [3.8, 4) is 0 Å². The Kier molecular flexibility index (Phi) is 13.1. The highest BCUT2D eigenvalue weighted by atomic mass is 35.5. The molecule has 10 heteroatoms. The molecule has 2 saturated carbocycles. The SMILES string of the molecule is C[C@H](N)C(=O)OCC1(C)CC1.C[C@H](NC(=O)OC(C)(C)C)C(=O)OCC1(C)CC1.Cl.Cl. The Morgan fingerprint density at radius 2 is 1.29 bits per heavy atom. The first-order chi connectivity index (χ1) is 13.1. The number of amides is 1. The van der Waals surface area contributed by atoms with Gasteiger partial charge in [0.2, 0.25) is 0 Å². The highest BCUT2D eigenvalue weighted by Gasteiger charge is 2.39. The molecular weight excluding hydrogens is 447 g/mol. The minimum atomic E-state index is -0.692. The van der Waals surface area contributed by atoms with Crippen LogP contribution >= 0.6 is 24.8 Å². The number of alkyl carbamates (subject to hydrolysis) is 1. The normalized spacial score (nSPS) is 18.8. The second kappa shape index (κ2) is 12.7. The molecule has 31 heavy (non-hydrogen) atoms. The molecule has 0 saturated heterocycles. The number of rotatable bonds is 7. The Balaban J connectivity index is 0. The van der Waals surface area contributed by atoms with Gasteiger partial charge in [-0.15, -0.1) is 24.8 Å². The van der Waals surface area contributed by atoms with Gasteiger partial charge in [-0.25, -0.2) is 9.59 Å². The lowest BCUT2D eigenvalue weighted by molar-refractivity contribution is -0.147. The summed E-state index contributed by atoms with van der Waals surface area (Å²) in [4.78, 5) is 33.9. The minimum Gasteiger partial charge on any atom is -0.464 e. The minimum absolute atomic E-state index is 0. The molecule has 2 atom stereocenters. The number of halogens is 2. The standard InChI is InChI=1S/C13H23NO4.C8H15NO2.2ClH/c1-9(14-11(16)18-12(2,3)4)10(15)17-8-13(5)6-7-13;1-6(9)7(10)11-5-8(2)3-4-8;;/h9H,6-8H2,1-5H3,(H,14,16);6H,3-5,9H2,1-2H3;2*1H/t9-;6-;;/m00../s1. The smallest absolute Gasteiger partial charge is 0.408 e. The summed E-state index contributed by atoms with van der Waals surface area (Å²) in [7, 11) is 0. The van der Waals surface area contributed by atoms with Crippen LogP contribution in [0, 0.1) is 10.8 Å². The van der Waals surface area contributed by atoms with Gasteiger partial charge >= 0.3 is 18.0 Å². The Hall–Kier alpha value is -1.25. The Bertz CT molecular complexity index is 599. The second-order valence-electron chi connectivity index (χ2n) is 9.99. The van der Waals surface area contributed by atoms with Crippen LogP contribution < -0.4 is 11.1 Å². The van der Waals surface area contributed by atoms with Crippen molar-refractivity contribution in [3.05, 3.63) is 0 Å². The highest BCUT2D eigenvalue weighted by molar-refractivity contribution is 5.85. The third kappa shape index (κ3) is 14.4. The van der Waals surface area contributed by atoms with Gasteiger partial charge in [-0.3, -0.25) is 4.79 Å². The van der Waals surface area contributed by atoms with Crippen LogP contribution in [0.1, 0.15) is 74.1 Å². The molecule has 0 unspecified atom stereocenters. The van der Waals surface area contributed by atoms with Gasteiger partial charge in [0.25, 0.3) is 0 Å². The predicted octanol–water partition coefficient (Wildman–Crippen LogP) is 3.76. The van der Waals surface area contributed by atoms with Crippen LogP contribution in [0.5, 0.6) is 0 Å². The van der Waals surface area contributed by atoms with Crippen LogP contribution in [0.4, 0.5) is 4.79 Å². The average molecular weight is 487 g/mol. The van der Waals surface area contributed by atoms with E-state index in [1.54, 1.807) is 34.6 Å². The average Bonchev–Trinajstić information content (AvgIpc) is 3.49. The first kappa shape index (κ1) is 31.9. The first-order valence-electron chi connectivity index (χ1n) is 10.2. The lowest BCUT2D eigenvalue weighted by atomic mass is 10.2. The fourth-order valence-electron chi connectivity index (χ4n) is 2.01. The van der Waals surface area contributed by atoms with Gasteiger partial charge in [0.1, 0.15) is 17.7 Å². The van der Waals surface area contributed by atoms with Crippen LogP contribution in [-0.4, -0.2) is 48.9 Å². The molecule has 0 aromatic rings. The number of ether oxygens (including phenoxy) is 3.